The number of nitro benzene ring substituents is 1. The van der Waals surface area contributed by atoms with Crippen LogP contribution in [0.15, 0.2) is 18.2 Å². The van der Waals surface area contributed by atoms with E-state index in [2.05, 4.69) is 16.0 Å². The predicted molar refractivity (Wildman–Crippen MR) is 86.7 cm³/mol. The van der Waals surface area contributed by atoms with Gasteiger partial charge in [0.25, 0.3) is 11.6 Å². The van der Waals surface area contributed by atoms with E-state index in [9.17, 15) is 24.5 Å². The van der Waals surface area contributed by atoms with Crippen molar-refractivity contribution in [2.45, 2.75) is 19.9 Å². The highest BCUT2D eigenvalue weighted by molar-refractivity contribution is 6.32. The lowest BCUT2D eigenvalue weighted by Gasteiger charge is -2.14. The van der Waals surface area contributed by atoms with E-state index in [0.29, 0.717) is 6.54 Å². The highest BCUT2D eigenvalue weighted by atomic mass is 35.5. The average Bonchev–Trinajstić information content (AvgIpc) is 2.52. The van der Waals surface area contributed by atoms with Crippen LogP contribution in [-0.4, -0.2) is 41.8 Å². The Bertz CT molecular complexity index is 665. The molecule has 0 heterocycles. The molecule has 0 bridgehead atoms. The van der Waals surface area contributed by atoms with E-state index in [4.69, 9.17) is 11.6 Å². The third-order valence-electron chi connectivity index (χ3n) is 2.94. The van der Waals surface area contributed by atoms with Crippen LogP contribution >= 0.6 is 11.6 Å². The van der Waals surface area contributed by atoms with Crippen LogP contribution in [0.5, 0.6) is 0 Å². The number of nitrogens with zero attached hydrogens (tertiary/aromatic N) is 1. The summed E-state index contributed by atoms with van der Waals surface area (Å²) in [6.07, 6.45) is 0. The van der Waals surface area contributed by atoms with Gasteiger partial charge < -0.3 is 16.0 Å². The van der Waals surface area contributed by atoms with Crippen molar-refractivity contribution in [2.24, 2.45) is 0 Å². The topological polar surface area (TPSA) is 130 Å². The smallest absolute Gasteiger partial charge is 0.288 e. The van der Waals surface area contributed by atoms with Gasteiger partial charge in [-0.3, -0.25) is 24.5 Å². The number of halogens is 1. The van der Waals surface area contributed by atoms with Crippen molar-refractivity contribution in [3.8, 4) is 0 Å². The van der Waals surface area contributed by atoms with E-state index < -0.39 is 28.5 Å². The van der Waals surface area contributed by atoms with E-state index >= 15 is 0 Å². The zero-order valence-corrected chi connectivity index (χ0v) is 13.8. The number of carbonyl (C=O) groups is 3. The first-order valence-electron chi connectivity index (χ1n) is 7.05. The molecule has 0 unspecified atom stereocenters. The standard InChI is InChI=1S/C14H17ClN4O5/c1-3-16-12(20)7-17-13(21)8(2)18-14(22)9-4-5-10(15)11(6-9)19(23)24/h4-6,8H,3,7H2,1-2H3,(H,16,20)(H,17,21)(H,18,22)/t8-/m0/s1. The lowest BCUT2D eigenvalue weighted by Crippen LogP contribution is -2.47. The minimum atomic E-state index is -0.929. The summed E-state index contributed by atoms with van der Waals surface area (Å²) in [4.78, 5) is 45.2. The molecule has 130 valence electrons. The zero-order chi connectivity index (χ0) is 18.3. The lowest BCUT2D eigenvalue weighted by atomic mass is 10.1. The second-order valence-corrected chi connectivity index (χ2v) is 5.20. The van der Waals surface area contributed by atoms with Gasteiger partial charge >= 0.3 is 0 Å². The van der Waals surface area contributed by atoms with Crippen molar-refractivity contribution in [1.29, 1.82) is 0 Å². The first-order chi connectivity index (χ1) is 11.3. The molecule has 0 aliphatic heterocycles. The number of amides is 3. The van der Waals surface area contributed by atoms with Gasteiger partial charge in [-0.25, -0.2) is 0 Å². The van der Waals surface area contributed by atoms with Crippen molar-refractivity contribution in [3.05, 3.63) is 38.9 Å². The number of nitro groups is 1. The molecule has 0 saturated carbocycles. The first-order valence-corrected chi connectivity index (χ1v) is 7.43. The van der Waals surface area contributed by atoms with Crippen molar-refractivity contribution in [1.82, 2.24) is 16.0 Å². The Kier molecular flexibility index (Phi) is 7.12. The normalized spacial score (nSPS) is 11.3. The molecule has 3 amide bonds. The fourth-order valence-electron chi connectivity index (χ4n) is 1.72. The van der Waals surface area contributed by atoms with Gasteiger partial charge in [-0.2, -0.15) is 0 Å². The highest BCUT2D eigenvalue weighted by Crippen LogP contribution is 2.24. The van der Waals surface area contributed by atoms with E-state index in [1.807, 2.05) is 0 Å². The molecule has 0 spiro atoms. The third-order valence-corrected chi connectivity index (χ3v) is 3.26. The number of likely N-dealkylation sites (N-methyl/N-ethyl adjacent to an activating group) is 1. The van der Waals surface area contributed by atoms with Gasteiger partial charge in [0.2, 0.25) is 11.8 Å². The number of rotatable bonds is 7. The summed E-state index contributed by atoms with van der Waals surface area (Å²) >= 11 is 5.67. The third kappa shape index (κ3) is 5.51. The summed E-state index contributed by atoms with van der Waals surface area (Å²) in [6.45, 7) is 3.40. The van der Waals surface area contributed by atoms with E-state index in [-0.39, 0.29) is 23.0 Å². The summed E-state index contributed by atoms with van der Waals surface area (Å²) in [5, 5.41) is 18.0. The quantitative estimate of drug-likeness (QED) is 0.487. The molecule has 0 aliphatic carbocycles. The van der Waals surface area contributed by atoms with Crippen molar-refractivity contribution >= 4 is 35.0 Å². The molecule has 0 saturated heterocycles. The molecular weight excluding hydrogens is 340 g/mol. The number of benzene rings is 1. The summed E-state index contributed by atoms with van der Waals surface area (Å²) < 4.78 is 0. The fraction of sp³-hybridized carbons (Fsp3) is 0.357. The molecule has 9 nitrogen and oxygen atoms in total. The SMILES string of the molecule is CCNC(=O)CNC(=O)[C@H](C)NC(=O)c1ccc(Cl)c([N+](=O)[O-])c1. The van der Waals surface area contributed by atoms with Crippen LogP contribution in [0.2, 0.25) is 5.02 Å². The summed E-state index contributed by atoms with van der Waals surface area (Å²) in [5.41, 5.74) is -0.410. The second-order valence-electron chi connectivity index (χ2n) is 4.79. The molecule has 24 heavy (non-hydrogen) atoms. The Morgan fingerprint density at radius 2 is 1.96 bits per heavy atom. The minimum Gasteiger partial charge on any atom is -0.355 e. The summed E-state index contributed by atoms with van der Waals surface area (Å²) in [5.74, 6) is -1.58. The molecular formula is C14H17ClN4O5. The van der Waals surface area contributed by atoms with E-state index in [1.165, 1.54) is 19.1 Å². The Hall–Kier alpha value is -2.68. The van der Waals surface area contributed by atoms with Crippen LogP contribution in [-0.2, 0) is 9.59 Å². The molecule has 1 rings (SSSR count). The Balaban J connectivity index is 2.67. The van der Waals surface area contributed by atoms with Gasteiger partial charge in [0.1, 0.15) is 11.1 Å². The highest BCUT2D eigenvalue weighted by Gasteiger charge is 2.20. The van der Waals surface area contributed by atoms with Crippen molar-refractivity contribution < 1.29 is 19.3 Å². The van der Waals surface area contributed by atoms with E-state index in [1.54, 1.807) is 6.92 Å². The first kappa shape index (κ1) is 19.4. The van der Waals surface area contributed by atoms with Crippen LogP contribution in [0.25, 0.3) is 0 Å². The summed E-state index contributed by atoms with van der Waals surface area (Å²) in [6, 6.07) is 2.64. The van der Waals surface area contributed by atoms with Crippen LogP contribution in [0.3, 0.4) is 0 Å². The molecule has 0 radical (unpaired) electrons. The van der Waals surface area contributed by atoms with Crippen molar-refractivity contribution in [3.63, 3.8) is 0 Å². The van der Waals surface area contributed by atoms with Crippen LogP contribution in [0, 0.1) is 10.1 Å². The maximum atomic E-state index is 12.1. The fourth-order valence-corrected chi connectivity index (χ4v) is 1.91. The number of hydrogen-bond acceptors (Lipinski definition) is 5. The Labute approximate surface area is 142 Å². The molecule has 0 aliphatic rings. The van der Waals surface area contributed by atoms with Gasteiger partial charge in [0.15, 0.2) is 0 Å². The molecule has 1 aromatic rings. The van der Waals surface area contributed by atoms with Gasteiger partial charge in [-0.15, -0.1) is 0 Å². The number of hydrogen-bond donors (Lipinski definition) is 3. The van der Waals surface area contributed by atoms with Crippen LogP contribution < -0.4 is 16.0 Å². The van der Waals surface area contributed by atoms with Gasteiger partial charge in [0.05, 0.1) is 11.5 Å². The maximum absolute atomic E-state index is 12.1. The molecule has 3 N–H and O–H groups in total. The van der Waals surface area contributed by atoms with Crippen LogP contribution in [0.4, 0.5) is 5.69 Å². The zero-order valence-electron chi connectivity index (χ0n) is 13.1. The van der Waals surface area contributed by atoms with Crippen molar-refractivity contribution in [2.75, 3.05) is 13.1 Å². The molecule has 1 aromatic carbocycles. The predicted octanol–water partition coefficient (Wildman–Crippen LogP) is 0.619. The molecule has 10 heteroatoms. The van der Waals surface area contributed by atoms with E-state index in [0.717, 1.165) is 6.07 Å². The monoisotopic (exact) mass is 356 g/mol. The Morgan fingerprint density at radius 1 is 1.29 bits per heavy atom. The second kappa shape index (κ2) is 8.82. The molecule has 0 aromatic heterocycles. The van der Waals surface area contributed by atoms with Gasteiger partial charge in [0, 0.05) is 18.2 Å². The van der Waals surface area contributed by atoms with Gasteiger partial charge in [-0.1, -0.05) is 11.6 Å². The minimum absolute atomic E-state index is 0.00511. The number of nitrogens with one attached hydrogen (secondary N) is 3. The number of carbonyl (C=O) groups excluding carboxylic acids is 3. The average molecular weight is 357 g/mol. The van der Waals surface area contributed by atoms with Crippen LogP contribution in [0.1, 0.15) is 24.2 Å². The maximum Gasteiger partial charge on any atom is 0.288 e. The Morgan fingerprint density at radius 3 is 2.54 bits per heavy atom. The lowest BCUT2D eigenvalue weighted by molar-refractivity contribution is -0.384. The summed E-state index contributed by atoms with van der Waals surface area (Å²) in [7, 11) is 0. The van der Waals surface area contributed by atoms with Gasteiger partial charge in [-0.05, 0) is 26.0 Å². The largest absolute Gasteiger partial charge is 0.355 e. The molecule has 1 atom stereocenters. The molecule has 0 fully saturated rings.